The van der Waals surface area contributed by atoms with E-state index in [9.17, 15) is 4.79 Å². The Morgan fingerprint density at radius 2 is 2.00 bits per heavy atom. The lowest BCUT2D eigenvalue weighted by atomic mass is 9.98. The highest BCUT2D eigenvalue weighted by Crippen LogP contribution is 2.27. The van der Waals surface area contributed by atoms with E-state index in [-0.39, 0.29) is 24.9 Å². The van der Waals surface area contributed by atoms with Crippen LogP contribution in [0.15, 0.2) is 36.4 Å². The van der Waals surface area contributed by atoms with Crippen LogP contribution in [-0.2, 0) is 19.6 Å². The monoisotopic (exact) mass is 470 g/mol. The van der Waals surface area contributed by atoms with Crippen LogP contribution in [0, 0.1) is 0 Å². The summed E-state index contributed by atoms with van der Waals surface area (Å²) in [5.41, 5.74) is 3.06. The zero-order valence-electron chi connectivity index (χ0n) is 15.1. The summed E-state index contributed by atoms with van der Waals surface area (Å²) < 4.78 is 5.64. The van der Waals surface area contributed by atoms with Crippen LogP contribution >= 0.6 is 46.9 Å². The van der Waals surface area contributed by atoms with Crippen molar-refractivity contribution in [3.8, 4) is 5.75 Å². The molecule has 6 nitrogen and oxygen atoms in total. The summed E-state index contributed by atoms with van der Waals surface area (Å²) in [6, 6.07) is 10.8. The first-order valence-corrected chi connectivity index (χ1v) is 10.2. The number of nitrogens with zero attached hydrogens (tertiary/aromatic N) is 2. The standard InChI is InChI=1S/C19H16Cl2N4O2S.ClH/c20-15-4-3-14(8-16(15)21)27-10-17-24-25-19(28-17)23-18(26)12-1-2-13-9-22-6-5-11(13)7-12;/h1-4,7-8,22H,5-6,9-10H2,(H,23,25,26);1H. The molecular weight excluding hydrogens is 455 g/mol. The van der Waals surface area contributed by atoms with E-state index in [1.807, 2.05) is 18.2 Å². The first-order chi connectivity index (χ1) is 13.6. The van der Waals surface area contributed by atoms with Crippen molar-refractivity contribution in [3.05, 3.63) is 68.1 Å². The molecule has 152 valence electrons. The Kier molecular flexibility index (Phi) is 7.32. The Morgan fingerprint density at radius 1 is 1.14 bits per heavy atom. The molecule has 10 heteroatoms. The number of carbonyl (C=O) groups is 1. The largest absolute Gasteiger partial charge is 0.486 e. The average Bonchev–Trinajstić information content (AvgIpc) is 3.16. The summed E-state index contributed by atoms with van der Waals surface area (Å²) in [5, 5.41) is 16.1. The molecule has 0 saturated heterocycles. The van der Waals surface area contributed by atoms with Gasteiger partial charge in [-0.15, -0.1) is 22.6 Å². The summed E-state index contributed by atoms with van der Waals surface area (Å²) in [4.78, 5) is 12.5. The Labute approximate surface area is 188 Å². The van der Waals surface area contributed by atoms with Crippen LogP contribution in [0.4, 0.5) is 5.13 Å². The first-order valence-electron chi connectivity index (χ1n) is 8.62. The van der Waals surface area contributed by atoms with E-state index in [4.69, 9.17) is 27.9 Å². The number of amides is 1. The molecule has 3 aromatic rings. The maximum atomic E-state index is 12.5. The number of anilines is 1. The third-order valence-electron chi connectivity index (χ3n) is 4.30. The van der Waals surface area contributed by atoms with Crippen LogP contribution in [0.2, 0.25) is 10.0 Å². The van der Waals surface area contributed by atoms with Gasteiger partial charge in [0.15, 0.2) is 5.01 Å². The van der Waals surface area contributed by atoms with Gasteiger partial charge in [-0.05, 0) is 48.4 Å². The molecule has 2 heterocycles. The average molecular weight is 472 g/mol. The highest BCUT2D eigenvalue weighted by Gasteiger charge is 2.14. The van der Waals surface area contributed by atoms with E-state index < -0.39 is 0 Å². The van der Waals surface area contributed by atoms with Crippen molar-refractivity contribution in [1.29, 1.82) is 0 Å². The molecule has 4 rings (SSSR count). The molecule has 0 saturated carbocycles. The van der Waals surface area contributed by atoms with Gasteiger partial charge >= 0.3 is 0 Å². The summed E-state index contributed by atoms with van der Waals surface area (Å²) in [7, 11) is 0. The number of carbonyl (C=O) groups excluding carboxylic acids is 1. The topological polar surface area (TPSA) is 76.1 Å². The van der Waals surface area contributed by atoms with Gasteiger partial charge in [-0.1, -0.05) is 40.6 Å². The maximum absolute atomic E-state index is 12.5. The molecule has 0 spiro atoms. The van der Waals surface area contributed by atoms with E-state index in [0.29, 0.717) is 31.5 Å². The lowest BCUT2D eigenvalue weighted by molar-refractivity contribution is 0.102. The fourth-order valence-corrected chi connectivity index (χ4v) is 3.80. The van der Waals surface area contributed by atoms with Gasteiger partial charge in [-0.25, -0.2) is 0 Å². The van der Waals surface area contributed by atoms with E-state index in [2.05, 4.69) is 20.8 Å². The number of fused-ring (bicyclic) bond motifs is 1. The van der Waals surface area contributed by atoms with Crippen LogP contribution in [0.25, 0.3) is 0 Å². The summed E-state index contributed by atoms with van der Waals surface area (Å²) in [6.45, 7) is 1.99. The Morgan fingerprint density at radius 3 is 2.83 bits per heavy atom. The number of halogens is 3. The summed E-state index contributed by atoms with van der Waals surface area (Å²) in [6.07, 6.45) is 0.922. The van der Waals surface area contributed by atoms with Crippen molar-refractivity contribution in [3.63, 3.8) is 0 Å². The van der Waals surface area contributed by atoms with Crippen molar-refractivity contribution in [1.82, 2.24) is 15.5 Å². The fraction of sp³-hybridized carbons (Fsp3) is 0.211. The number of ether oxygens (including phenoxy) is 1. The molecule has 0 atom stereocenters. The van der Waals surface area contributed by atoms with Gasteiger partial charge in [0.25, 0.3) is 5.91 Å². The minimum Gasteiger partial charge on any atom is -0.486 e. The third kappa shape index (κ3) is 5.38. The van der Waals surface area contributed by atoms with Crippen LogP contribution in [0.3, 0.4) is 0 Å². The van der Waals surface area contributed by atoms with Crippen LogP contribution in [0.1, 0.15) is 26.5 Å². The van der Waals surface area contributed by atoms with Gasteiger partial charge in [0.2, 0.25) is 5.13 Å². The molecule has 29 heavy (non-hydrogen) atoms. The molecule has 1 aliphatic rings. The number of hydrogen-bond acceptors (Lipinski definition) is 6. The highest BCUT2D eigenvalue weighted by atomic mass is 35.5. The normalized spacial score (nSPS) is 12.6. The number of hydrogen-bond donors (Lipinski definition) is 2. The molecule has 0 aliphatic carbocycles. The van der Waals surface area contributed by atoms with Crippen molar-refractivity contribution in [2.45, 2.75) is 19.6 Å². The SMILES string of the molecule is Cl.O=C(Nc1nnc(COc2ccc(Cl)c(Cl)c2)s1)c1ccc2c(c1)CCNC2. The summed E-state index contributed by atoms with van der Waals surface area (Å²) >= 11 is 13.1. The first kappa shape index (κ1) is 21.8. The second-order valence-electron chi connectivity index (χ2n) is 6.23. The fourth-order valence-electron chi connectivity index (χ4n) is 2.86. The van der Waals surface area contributed by atoms with Crippen LogP contribution in [-0.4, -0.2) is 22.6 Å². The van der Waals surface area contributed by atoms with Gasteiger partial charge in [0.05, 0.1) is 10.0 Å². The molecule has 0 fully saturated rings. The van der Waals surface area contributed by atoms with Gasteiger partial charge in [0, 0.05) is 18.2 Å². The van der Waals surface area contributed by atoms with Crippen molar-refractivity contribution >= 4 is 58.0 Å². The maximum Gasteiger partial charge on any atom is 0.257 e. The van der Waals surface area contributed by atoms with Crippen LogP contribution < -0.4 is 15.4 Å². The second kappa shape index (κ2) is 9.73. The Bertz CT molecular complexity index is 1030. The minimum atomic E-state index is -0.200. The molecule has 1 aromatic heterocycles. The molecule has 0 bridgehead atoms. The predicted octanol–water partition coefficient (Wildman–Crippen LogP) is 4.74. The zero-order chi connectivity index (χ0) is 19.5. The van der Waals surface area contributed by atoms with E-state index in [1.54, 1.807) is 18.2 Å². The number of nitrogens with one attached hydrogen (secondary N) is 2. The van der Waals surface area contributed by atoms with E-state index in [0.717, 1.165) is 19.5 Å². The second-order valence-corrected chi connectivity index (χ2v) is 8.11. The zero-order valence-corrected chi connectivity index (χ0v) is 18.2. The molecule has 0 radical (unpaired) electrons. The predicted molar refractivity (Wildman–Crippen MR) is 118 cm³/mol. The highest BCUT2D eigenvalue weighted by molar-refractivity contribution is 7.15. The number of aromatic nitrogens is 2. The van der Waals surface area contributed by atoms with Crippen molar-refractivity contribution in [2.24, 2.45) is 0 Å². The molecule has 2 N–H and O–H groups in total. The molecule has 0 unspecified atom stereocenters. The van der Waals surface area contributed by atoms with Crippen molar-refractivity contribution in [2.75, 3.05) is 11.9 Å². The number of benzene rings is 2. The number of rotatable bonds is 5. The lowest BCUT2D eigenvalue weighted by Gasteiger charge is -2.17. The van der Waals surface area contributed by atoms with Gasteiger partial charge in [-0.2, -0.15) is 0 Å². The van der Waals surface area contributed by atoms with Crippen molar-refractivity contribution < 1.29 is 9.53 Å². The van der Waals surface area contributed by atoms with E-state index in [1.165, 1.54) is 22.5 Å². The Balaban J connectivity index is 0.00000240. The van der Waals surface area contributed by atoms with Gasteiger partial charge in [-0.3, -0.25) is 10.1 Å². The summed E-state index contributed by atoms with van der Waals surface area (Å²) in [5.74, 6) is 0.383. The molecule has 1 aliphatic heterocycles. The quantitative estimate of drug-likeness (QED) is 0.562. The smallest absolute Gasteiger partial charge is 0.257 e. The molecule has 1 amide bonds. The molecular formula is C19H17Cl3N4O2S. The lowest BCUT2D eigenvalue weighted by Crippen LogP contribution is -2.24. The molecule has 2 aromatic carbocycles. The third-order valence-corrected chi connectivity index (χ3v) is 5.85. The Hall–Kier alpha value is -1.90. The van der Waals surface area contributed by atoms with Gasteiger partial charge in [0.1, 0.15) is 12.4 Å². The minimum absolute atomic E-state index is 0. The van der Waals surface area contributed by atoms with Gasteiger partial charge < -0.3 is 10.1 Å². The van der Waals surface area contributed by atoms with E-state index >= 15 is 0 Å². The van der Waals surface area contributed by atoms with Crippen LogP contribution in [0.5, 0.6) is 5.75 Å².